The van der Waals surface area contributed by atoms with E-state index in [1.54, 1.807) is 7.05 Å². The van der Waals surface area contributed by atoms with Crippen LogP contribution in [0.25, 0.3) is 0 Å². The van der Waals surface area contributed by atoms with E-state index in [9.17, 15) is 13.2 Å². The first kappa shape index (κ1) is 13.4. The van der Waals surface area contributed by atoms with Gasteiger partial charge in [-0.15, -0.1) is 0 Å². The second kappa shape index (κ2) is 5.60. The van der Waals surface area contributed by atoms with Gasteiger partial charge in [0.1, 0.15) is 0 Å². The third-order valence-corrected chi connectivity index (χ3v) is 2.12. The maximum atomic E-state index is 12.7. The largest absolute Gasteiger partial charge is 0.417 e. The van der Waals surface area contributed by atoms with Crippen LogP contribution < -0.4 is 11.1 Å². The van der Waals surface area contributed by atoms with E-state index >= 15 is 0 Å². The summed E-state index contributed by atoms with van der Waals surface area (Å²) in [7, 11) is 1.75. The molecule has 0 fully saturated rings. The summed E-state index contributed by atoms with van der Waals surface area (Å²) < 4.78 is 38.0. The second-order valence-corrected chi connectivity index (χ2v) is 3.42. The van der Waals surface area contributed by atoms with Crippen LogP contribution in [0.1, 0.15) is 17.5 Å². The Hall–Kier alpha value is -1.67. The maximum absolute atomic E-state index is 12.7. The van der Waals surface area contributed by atoms with Crippen molar-refractivity contribution in [3.05, 3.63) is 29.3 Å². The molecule has 3 N–H and O–H groups in total. The van der Waals surface area contributed by atoms with Crippen LogP contribution >= 0.6 is 0 Å². The lowest BCUT2D eigenvalue weighted by molar-refractivity contribution is -0.137. The predicted octanol–water partition coefficient (Wildman–Crippen LogP) is 2.25. The minimum Gasteiger partial charge on any atom is -0.398 e. The number of rotatable bonds is 2. The summed E-state index contributed by atoms with van der Waals surface area (Å²) in [4.78, 5) is 0. The first-order chi connectivity index (χ1) is 7.96. The smallest absolute Gasteiger partial charge is 0.398 e. The van der Waals surface area contributed by atoms with E-state index in [1.165, 1.54) is 12.1 Å². The van der Waals surface area contributed by atoms with E-state index in [2.05, 4.69) is 17.2 Å². The van der Waals surface area contributed by atoms with E-state index in [0.29, 0.717) is 13.0 Å². The summed E-state index contributed by atoms with van der Waals surface area (Å²) in [5.74, 6) is 5.15. The lowest BCUT2D eigenvalue weighted by Gasteiger charge is -2.10. The highest BCUT2D eigenvalue weighted by molar-refractivity contribution is 5.60. The molecule has 0 bridgehead atoms. The Morgan fingerprint density at radius 3 is 2.65 bits per heavy atom. The zero-order valence-electron chi connectivity index (χ0n) is 9.36. The van der Waals surface area contributed by atoms with Gasteiger partial charge in [0.2, 0.25) is 0 Å². The van der Waals surface area contributed by atoms with Crippen molar-refractivity contribution in [1.29, 1.82) is 0 Å². The molecular weight excluding hydrogens is 229 g/mol. The van der Waals surface area contributed by atoms with Crippen molar-refractivity contribution in [2.45, 2.75) is 12.6 Å². The van der Waals surface area contributed by atoms with E-state index in [1.807, 2.05) is 0 Å². The van der Waals surface area contributed by atoms with Crippen molar-refractivity contribution >= 4 is 5.69 Å². The van der Waals surface area contributed by atoms with Crippen molar-refractivity contribution in [2.24, 2.45) is 0 Å². The van der Waals surface area contributed by atoms with Gasteiger partial charge >= 0.3 is 6.18 Å². The molecule has 0 aliphatic heterocycles. The number of benzene rings is 1. The zero-order valence-corrected chi connectivity index (χ0v) is 9.36. The molecule has 17 heavy (non-hydrogen) atoms. The quantitative estimate of drug-likeness (QED) is 0.474. The number of nitrogens with one attached hydrogen (secondary N) is 1. The lowest BCUT2D eigenvalue weighted by atomic mass is 10.1. The fourth-order valence-electron chi connectivity index (χ4n) is 1.28. The fourth-order valence-corrected chi connectivity index (χ4v) is 1.28. The number of hydrogen-bond donors (Lipinski definition) is 2. The number of alkyl halides is 3. The van der Waals surface area contributed by atoms with Crippen LogP contribution in [0.15, 0.2) is 18.2 Å². The number of nitrogens with two attached hydrogens (primary N) is 1. The third kappa shape index (κ3) is 3.68. The van der Waals surface area contributed by atoms with Crippen molar-refractivity contribution in [1.82, 2.24) is 5.32 Å². The maximum Gasteiger partial charge on any atom is 0.417 e. The highest BCUT2D eigenvalue weighted by Crippen LogP contribution is 2.33. The summed E-state index contributed by atoms with van der Waals surface area (Å²) >= 11 is 0. The molecule has 0 unspecified atom stereocenters. The van der Waals surface area contributed by atoms with Crippen molar-refractivity contribution in [3.8, 4) is 11.8 Å². The van der Waals surface area contributed by atoms with E-state index in [-0.39, 0.29) is 11.3 Å². The van der Waals surface area contributed by atoms with Crippen LogP contribution in [-0.2, 0) is 6.18 Å². The SMILES string of the molecule is CNCCC#Cc1c(N)cccc1C(F)(F)F. The van der Waals surface area contributed by atoms with E-state index in [4.69, 9.17) is 5.73 Å². The fraction of sp³-hybridized carbons (Fsp3) is 0.333. The molecule has 0 saturated heterocycles. The van der Waals surface area contributed by atoms with Gasteiger partial charge in [-0.1, -0.05) is 17.9 Å². The minimum absolute atomic E-state index is 0.0526. The molecular formula is C12H13F3N2. The van der Waals surface area contributed by atoms with Crippen molar-refractivity contribution in [2.75, 3.05) is 19.3 Å². The highest BCUT2D eigenvalue weighted by atomic mass is 19.4. The Morgan fingerprint density at radius 2 is 2.06 bits per heavy atom. The molecule has 0 saturated carbocycles. The molecule has 1 aromatic rings. The van der Waals surface area contributed by atoms with Crippen LogP contribution in [0.5, 0.6) is 0 Å². The monoisotopic (exact) mass is 242 g/mol. The molecule has 0 aromatic heterocycles. The van der Waals surface area contributed by atoms with Gasteiger partial charge in [-0.05, 0) is 19.2 Å². The topological polar surface area (TPSA) is 38.0 Å². The Kier molecular flexibility index (Phi) is 4.41. The van der Waals surface area contributed by atoms with Crippen LogP contribution in [0.2, 0.25) is 0 Å². The van der Waals surface area contributed by atoms with Gasteiger partial charge < -0.3 is 11.1 Å². The number of halogens is 3. The first-order valence-corrected chi connectivity index (χ1v) is 5.06. The third-order valence-electron chi connectivity index (χ3n) is 2.12. The minimum atomic E-state index is -4.43. The summed E-state index contributed by atoms with van der Waals surface area (Å²) in [6.07, 6.45) is -3.95. The molecule has 1 rings (SSSR count). The first-order valence-electron chi connectivity index (χ1n) is 5.06. The molecule has 5 heteroatoms. The standard InChI is InChI=1S/C12H13F3N2/c1-17-8-3-2-5-9-10(12(13,14)15)6-4-7-11(9)16/h4,6-7,17H,3,8,16H2,1H3. The van der Waals surface area contributed by atoms with Gasteiger partial charge in [0.05, 0.1) is 11.1 Å². The molecule has 0 spiro atoms. The molecule has 0 radical (unpaired) electrons. The van der Waals surface area contributed by atoms with E-state index < -0.39 is 11.7 Å². The van der Waals surface area contributed by atoms with E-state index in [0.717, 1.165) is 6.07 Å². The predicted molar refractivity (Wildman–Crippen MR) is 61.3 cm³/mol. The molecule has 0 heterocycles. The molecule has 0 atom stereocenters. The van der Waals surface area contributed by atoms with Gasteiger partial charge in [-0.25, -0.2) is 0 Å². The number of anilines is 1. The van der Waals surface area contributed by atoms with Gasteiger partial charge in [0.25, 0.3) is 0 Å². The van der Waals surface area contributed by atoms with Crippen LogP contribution in [0.3, 0.4) is 0 Å². The molecule has 0 aliphatic carbocycles. The second-order valence-electron chi connectivity index (χ2n) is 3.42. The normalized spacial score (nSPS) is 10.8. The van der Waals surface area contributed by atoms with Crippen molar-refractivity contribution < 1.29 is 13.2 Å². The Morgan fingerprint density at radius 1 is 1.35 bits per heavy atom. The number of hydrogen-bond acceptors (Lipinski definition) is 2. The molecule has 0 aliphatic rings. The molecule has 92 valence electrons. The summed E-state index contributed by atoms with van der Waals surface area (Å²) in [5, 5.41) is 2.86. The average Bonchev–Trinajstić information content (AvgIpc) is 2.24. The molecule has 1 aromatic carbocycles. The van der Waals surface area contributed by atoms with Crippen LogP contribution in [-0.4, -0.2) is 13.6 Å². The summed E-state index contributed by atoms with van der Waals surface area (Å²) in [5.41, 5.74) is 4.64. The van der Waals surface area contributed by atoms with Crippen molar-refractivity contribution in [3.63, 3.8) is 0 Å². The van der Waals surface area contributed by atoms with Gasteiger partial charge in [-0.2, -0.15) is 13.2 Å². The summed E-state index contributed by atoms with van der Waals surface area (Å²) in [6, 6.07) is 3.67. The Balaban J connectivity index is 3.07. The Labute approximate surface area is 98.0 Å². The van der Waals surface area contributed by atoms with Gasteiger partial charge in [0.15, 0.2) is 0 Å². The zero-order chi connectivity index (χ0) is 12.9. The highest BCUT2D eigenvalue weighted by Gasteiger charge is 2.33. The Bertz CT molecular complexity index is 441. The molecule has 2 nitrogen and oxygen atoms in total. The number of nitrogen functional groups attached to an aromatic ring is 1. The average molecular weight is 242 g/mol. The van der Waals surface area contributed by atoms with Crippen LogP contribution in [0, 0.1) is 11.8 Å². The molecule has 0 amide bonds. The van der Waals surface area contributed by atoms with Gasteiger partial charge in [-0.3, -0.25) is 0 Å². The lowest BCUT2D eigenvalue weighted by Crippen LogP contribution is -2.09. The van der Waals surface area contributed by atoms with Gasteiger partial charge in [0, 0.05) is 18.7 Å². The summed E-state index contributed by atoms with van der Waals surface area (Å²) in [6.45, 7) is 0.626. The van der Waals surface area contributed by atoms with Crippen LogP contribution in [0.4, 0.5) is 18.9 Å².